The first-order chi connectivity index (χ1) is 57.0. The maximum absolute atomic E-state index is 12.6. The maximum Gasteiger partial charge on any atom is 0.350 e. The van der Waals surface area contributed by atoms with E-state index in [1.807, 2.05) is 54.5 Å². The molecule has 0 aromatic carbocycles. The van der Waals surface area contributed by atoms with Crippen LogP contribution >= 0.6 is 0 Å². The molecule has 0 spiro atoms. The Hall–Kier alpha value is -9.58. The van der Waals surface area contributed by atoms with Crippen LogP contribution in [0.5, 0.6) is 0 Å². The van der Waals surface area contributed by atoms with Crippen LogP contribution in [0.1, 0.15) is 208 Å². The highest BCUT2D eigenvalue weighted by Gasteiger charge is 2.76. The van der Waals surface area contributed by atoms with Crippen molar-refractivity contribution >= 4 is 95.5 Å². The molecule has 6 saturated carbocycles. The molecule has 9 aliphatic heterocycles. The SMILES string of the molecule is CCC(C)(C)C(=O)OC(C)(C)C(=O)OC1C2CC3C1OC(=O)C3(C#N)C2.CCC(C)(C)C(=O)OC(C)C(=O)OC1C2CC3C(=O)OC1C3C2.CCC(C)(C)C(=O)OCC(=O)OC1C2CC3(C#N)C(=O)OC1C3O2.CCC(C)(C)C(=O)OCC(=O)OC1C2OC(=O)C3C2OC1C3C(=O)OC.CCC(C)(C)C(=O)OCCC(=O)OC1C2CC3C(=O)OC1C3C2. The first-order valence-corrected chi connectivity index (χ1v) is 42.2. The summed E-state index contributed by atoms with van der Waals surface area (Å²) < 4.78 is 95.5. The number of hydrogen-bond acceptors (Lipinski definition) is 36. The number of carbonyl (C=O) groups is 16. The van der Waals surface area contributed by atoms with Gasteiger partial charge in [0.1, 0.15) is 79.5 Å². The standard InChI is InChI=1S/C19H25NO6.C17H22O9.2C17H24O6.C16H19NO7/c1-6-17(2,3)14(21)26-18(4,5)15(22)24-12-10-7-11-13(12)25-16(23)19(11,8-10)9-20;1-5-17(2,3)16(21)23-6-7(18)24-12-10-8(14(19)22-4)9-11(25-10)13(12)26-15(9)20;1-5-17(3,4)16(20)21-8(2)14(18)22-12-9-6-10-11(7-9)15(19)23-13(10)12;1-4-17(2,3)16(20)21-6-5-12(18)22-13-9-7-10-11(8-9)15(19)23-14(10)13;1-4-15(2,3)13(19)21-6-9(18)23-10-8-5-16(7-17)12(22-8)11(10)24-14(16)20/h10-13H,6-8H2,1-5H3;8-13H,5-6H2,1-4H3;8-13H,5-7H2,1-4H3;9-11,13-14H,4-8H2,1-3H3;8,10-12H,4-6H2,1-3H3. The van der Waals surface area contributed by atoms with Crippen LogP contribution < -0.4 is 0 Å². The Labute approximate surface area is 706 Å². The van der Waals surface area contributed by atoms with Crippen LogP contribution in [-0.2, 0) is 162 Å². The largest absolute Gasteiger partial charge is 0.469 e. The summed E-state index contributed by atoms with van der Waals surface area (Å²) in [5, 5.41) is 18.7. The van der Waals surface area contributed by atoms with Gasteiger partial charge in [-0.1, -0.05) is 34.6 Å². The topological polar surface area (TPSA) is 487 Å². The molecule has 0 aromatic rings. The first-order valence-electron chi connectivity index (χ1n) is 42.2. The molecule has 27 unspecified atom stereocenters. The van der Waals surface area contributed by atoms with Crippen molar-refractivity contribution in [1.29, 1.82) is 10.5 Å². The zero-order chi connectivity index (χ0) is 90.1. The lowest BCUT2D eigenvalue weighted by molar-refractivity contribution is -0.192. The molecule has 6 aliphatic carbocycles. The van der Waals surface area contributed by atoms with E-state index in [-0.39, 0.29) is 103 Å². The van der Waals surface area contributed by atoms with Crippen LogP contribution in [0.15, 0.2) is 0 Å². The molecule has 15 rings (SSSR count). The molecule has 10 bridgehead atoms. The summed E-state index contributed by atoms with van der Waals surface area (Å²) in [6, 6.07) is 4.10. The highest BCUT2D eigenvalue weighted by Crippen LogP contribution is 2.63. The number of carbonyl (C=O) groups excluding carboxylic acids is 16. The number of fused-ring (bicyclic) bond motifs is 5. The highest BCUT2D eigenvalue weighted by atomic mass is 16.7. The number of nitriles is 2. The summed E-state index contributed by atoms with van der Waals surface area (Å²) in [6.45, 7) is 30.4. The number of hydrogen-bond donors (Lipinski definition) is 0. The number of rotatable bonds is 27. The molecule has 15 aliphatic rings. The van der Waals surface area contributed by atoms with Gasteiger partial charge in [0.05, 0.1) is 64.6 Å². The average molecular weight is 1720 g/mol. The van der Waals surface area contributed by atoms with E-state index in [4.69, 9.17) is 85.3 Å². The minimum atomic E-state index is -1.44. The molecule has 27 atom stereocenters. The summed E-state index contributed by atoms with van der Waals surface area (Å²) >= 11 is 0. The van der Waals surface area contributed by atoms with Crippen molar-refractivity contribution in [3.63, 3.8) is 0 Å². The summed E-state index contributed by atoms with van der Waals surface area (Å²) in [7, 11) is 1.21. The third-order valence-corrected chi connectivity index (χ3v) is 28.2. The van der Waals surface area contributed by atoms with Gasteiger partial charge in [-0.3, -0.25) is 57.5 Å². The van der Waals surface area contributed by atoms with E-state index in [1.165, 1.54) is 27.9 Å². The van der Waals surface area contributed by atoms with Crippen molar-refractivity contribution in [3.8, 4) is 12.1 Å². The minimum Gasteiger partial charge on any atom is -0.469 e. The van der Waals surface area contributed by atoms with Gasteiger partial charge >= 0.3 is 95.5 Å². The van der Waals surface area contributed by atoms with Crippen LogP contribution in [0.4, 0.5) is 0 Å². The van der Waals surface area contributed by atoms with Gasteiger partial charge in [0.15, 0.2) is 54.6 Å². The lowest BCUT2D eigenvalue weighted by Gasteiger charge is -2.32. The van der Waals surface area contributed by atoms with Gasteiger partial charge in [-0.25, -0.2) is 19.2 Å². The van der Waals surface area contributed by atoms with E-state index >= 15 is 0 Å². The van der Waals surface area contributed by atoms with E-state index in [0.29, 0.717) is 44.9 Å². The molecule has 36 nitrogen and oxygen atoms in total. The predicted octanol–water partition coefficient (Wildman–Crippen LogP) is 6.30. The van der Waals surface area contributed by atoms with Crippen molar-refractivity contribution in [1.82, 2.24) is 0 Å². The quantitative estimate of drug-likeness (QED) is 0.0642. The van der Waals surface area contributed by atoms with Crippen molar-refractivity contribution in [3.05, 3.63) is 0 Å². The second-order valence-corrected chi connectivity index (χ2v) is 38.2. The van der Waals surface area contributed by atoms with Crippen LogP contribution in [0.25, 0.3) is 0 Å². The molecule has 0 aromatic heterocycles. The van der Waals surface area contributed by atoms with Crippen molar-refractivity contribution in [2.45, 2.75) is 305 Å². The Morgan fingerprint density at radius 3 is 1.43 bits per heavy atom. The lowest BCUT2D eigenvalue weighted by Crippen LogP contribution is -2.48. The monoisotopic (exact) mass is 1720 g/mol. The fraction of sp³-hybridized carbons (Fsp3) is 0.791. The molecular formula is C86H114N2O34. The molecule has 9 saturated heterocycles. The van der Waals surface area contributed by atoms with Gasteiger partial charge in [0.2, 0.25) is 5.60 Å². The molecule has 36 heteroatoms. The summed E-state index contributed by atoms with van der Waals surface area (Å²) in [6.07, 6.45) is -1.95. The number of nitrogens with zero attached hydrogens (tertiary/aromatic N) is 2. The zero-order valence-electron chi connectivity index (χ0n) is 72.5. The zero-order valence-corrected chi connectivity index (χ0v) is 72.5. The number of esters is 16. The maximum atomic E-state index is 12.6. The smallest absolute Gasteiger partial charge is 0.350 e. The number of ether oxygens (including phenoxy) is 18. The minimum absolute atomic E-state index is 0.0113. The second kappa shape index (κ2) is 34.9. The Bertz CT molecular complexity index is 4280. The van der Waals surface area contributed by atoms with Crippen molar-refractivity contribution < 1.29 is 162 Å². The first kappa shape index (κ1) is 93.1. The molecule has 0 radical (unpaired) electrons. The molecule has 0 amide bonds. The van der Waals surface area contributed by atoms with Gasteiger partial charge < -0.3 is 85.3 Å². The van der Waals surface area contributed by atoms with Crippen LogP contribution in [-0.4, -0.2) is 220 Å². The molecule has 122 heavy (non-hydrogen) atoms. The van der Waals surface area contributed by atoms with Gasteiger partial charge in [-0.2, -0.15) is 10.5 Å². The second-order valence-electron chi connectivity index (χ2n) is 38.2. The third kappa shape index (κ3) is 17.3. The predicted molar refractivity (Wildman–Crippen MR) is 405 cm³/mol. The van der Waals surface area contributed by atoms with E-state index in [9.17, 15) is 87.2 Å². The molecule has 0 N–H and O–H groups in total. The van der Waals surface area contributed by atoms with Crippen molar-refractivity contribution in [2.75, 3.05) is 26.9 Å². The Kier molecular flexibility index (Phi) is 26.6. The van der Waals surface area contributed by atoms with E-state index in [0.717, 1.165) is 25.7 Å². The van der Waals surface area contributed by atoms with E-state index in [1.54, 1.807) is 55.4 Å². The number of methoxy groups -OCH3 is 1. The highest BCUT2D eigenvalue weighted by molar-refractivity contribution is 5.90. The average Bonchev–Trinajstić information content (AvgIpc) is 1.54. The van der Waals surface area contributed by atoms with Gasteiger partial charge in [-0.15, -0.1) is 0 Å². The molecule has 9 heterocycles. The van der Waals surface area contributed by atoms with E-state index < -0.39 is 219 Å². The Morgan fingerprint density at radius 1 is 0.451 bits per heavy atom. The molecule has 15 fully saturated rings. The summed E-state index contributed by atoms with van der Waals surface area (Å²) in [4.78, 5) is 192. The van der Waals surface area contributed by atoms with Gasteiger partial charge in [0, 0.05) is 41.9 Å². The Morgan fingerprint density at radius 2 is 0.910 bits per heavy atom. The molecular weight excluding hydrogens is 1600 g/mol. The van der Waals surface area contributed by atoms with Crippen LogP contribution in [0.3, 0.4) is 0 Å². The Balaban J connectivity index is 0.000000149. The van der Waals surface area contributed by atoms with Gasteiger partial charge in [-0.05, 0) is 161 Å². The fourth-order valence-corrected chi connectivity index (χ4v) is 18.5. The fourth-order valence-electron chi connectivity index (χ4n) is 18.5. The van der Waals surface area contributed by atoms with Gasteiger partial charge in [0.25, 0.3) is 0 Å². The normalized spacial score (nSPS) is 35.1. The molecule has 672 valence electrons. The van der Waals surface area contributed by atoms with Crippen LogP contribution in [0.2, 0.25) is 0 Å². The summed E-state index contributed by atoms with van der Waals surface area (Å²) in [5.74, 6) is -9.09. The third-order valence-electron chi connectivity index (χ3n) is 28.2. The van der Waals surface area contributed by atoms with E-state index in [2.05, 4.69) is 6.07 Å². The lowest BCUT2D eigenvalue weighted by atomic mass is 9.74. The summed E-state index contributed by atoms with van der Waals surface area (Å²) in [5.41, 5.74) is -7.06. The van der Waals surface area contributed by atoms with Crippen LogP contribution in [0, 0.1) is 120 Å². The van der Waals surface area contributed by atoms with Crippen molar-refractivity contribution in [2.24, 2.45) is 97.1 Å².